The van der Waals surface area contributed by atoms with E-state index in [1.807, 2.05) is 0 Å². The van der Waals surface area contributed by atoms with E-state index in [1.165, 1.54) is 22.0 Å². The summed E-state index contributed by atoms with van der Waals surface area (Å²) in [6.07, 6.45) is 5.13. The molecule has 1 atom stereocenters. The van der Waals surface area contributed by atoms with Gasteiger partial charge in [-0.05, 0) is 56.9 Å². The van der Waals surface area contributed by atoms with Crippen LogP contribution in [0, 0.1) is 12.7 Å². The number of hydrogen-bond donors (Lipinski definition) is 2. The maximum Gasteiger partial charge on any atom is 0.326 e. The van der Waals surface area contributed by atoms with Crippen LogP contribution in [-0.2, 0) is 0 Å². The fourth-order valence-electron chi connectivity index (χ4n) is 4.83. The monoisotopic (exact) mass is 508 g/mol. The van der Waals surface area contributed by atoms with Crippen LogP contribution >= 0.6 is 11.3 Å². The third kappa shape index (κ3) is 3.90. The van der Waals surface area contributed by atoms with Crippen molar-refractivity contribution in [2.45, 2.75) is 44.7 Å². The van der Waals surface area contributed by atoms with Crippen LogP contribution in [0.1, 0.15) is 41.0 Å². The van der Waals surface area contributed by atoms with E-state index in [2.05, 4.69) is 10.3 Å². The first-order chi connectivity index (χ1) is 17.4. The van der Waals surface area contributed by atoms with Gasteiger partial charge >= 0.3 is 6.03 Å². The lowest BCUT2D eigenvalue weighted by atomic mass is 10.2. The minimum Gasteiger partial charge on any atom is -0.453 e. The number of halogens is 1. The SMILES string of the molecule is Cc1cc2c(F)c(Oc3ccnc4cc(C(=O)N5CCC[C@H]5CO)sc34)ccc2n1C(=O)NC1CC1. The Balaban J connectivity index is 1.32. The average Bonchev–Trinajstić information content (AvgIpc) is 3.26. The van der Waals surface area contributed by atoms with Crippen molar-refractivity contribution in [3.8, 4) is 11.5 Å². The number of aliphatic hydroxyl groups excluding tert-OH is 1. The third-order valence-electron chi connectivity index (χ3n) is 6.83. The molecule has 0 bridgehead atoms. The van der Waals surface area contributed by atoms with Crippen molar-refractivity contribution < 1.29 is 23.8 Å². The van der Waals surface area contributed by atoms with Crippen molar-refractivity contribution in [2.24, 2.45) is 0 Å². The first-order valence-electron chi connectivity index (χ1n) is 12.0. The van der Waals surface area contributed by atoms with Crippen molar-refractivity contribution in [3.05, 3.63) is 52.9 Å². The number of ether oxygens (including phenoxy) is 1. The lowest BCUT2D eigenvalue weighted by Gasteiger charge is -2.22. The first kappa shape index (κ1) is 22.9. The third-order valence-corrected chi connectivity index (χ3v) is 7.96. The second kappa shape index (κ2) is 8.86. The quantitative estimate of drug-likeness (QED) is 0.403. The maximum atomic E-state index is 15.5. The van der Waals surface area contributed by atoms with Crippen molar-refractivity contribution in [2.75, 3.05) is 13.2 Å². The van der Waals surface area contributed by atoms with E-state index in [4.69, 9.17) is 4.74 Å². The highest BCUT2D eigenvalue weighted by molar-refractivity contribution is 7.21. The first-order valence-corrected chi connectivity index (χ1v) is 12.9. The number of nitrogens with one attached hydrogen (secondary N) is 1. The zero-order valence-electron chi connectivity index (χ0n) is 19.7. The number of amides is 2. The summed E-state index contributed by atoms with van der Waals surface area (Å²) in [6.45, 7) is 2.32. The number of likely N-dealkylation sites (tertiary alicyclic amines) is 1. The minimum absolute atomic E-state index is 0.0240. The lowest BCUT2D eigenvalue weighted by molar-refractivity contribution is 0.0682. The van der Waals surface area contributed by atoms with Gasteiger partial charge in [-0.1, -0.05) is 0 Å². The normalized spacial score (nSPS) is 17.8. The number of carbonyl (C=O) groups is 2. The molecule has 1 aromatic carbocycles. The second-order valence-electron chi connectivity index (χ2n) is 9.37. The van der Waals surface area contributed by atoms with Crippen LogP contribution in [0.2, 0.25) is 0 Å². The molecule has 1 saturated carbocycles. The highest BCUT2D eigenvalue weighted by Gasteiger charge is 2.30. The molecule has 1 saturated heterocycles. The van der Waals surface area contributed by atoms with E-state index in [1.54, 1.807) is 42.3 Å². The number of aryl methyl sites for hydroxylation is 1. The Morgan fingerprint density at radius 1 is 1.22 bits per heavy atom. The zero-order valence-corrected chi connectivity index (χ0v) is 20.5. The van der Waals surface area contributed by atoms with Gasteiger partial charge in [-0.3, -0.25) is 14.3 Å². The molecule has 0 radical (unpaired) electrons. The van der Waals surface area contributed by atoms with Crippen molar-refractivity contribution in [1.82, 2.24) is 19.8 Å². The molecule has 3 aromatic heterocycles. The average molecular weight is 509 g/mol. The molecule has 2 aliphatic rings. The number of rotatable bonds is 5. The van der Waals surface area contributed by atoms with Gasteiger partial charge in [-0.15, -0.1) is 11.3 Å². The van der Waals surface area contributed by atoms with Gasteiger partial charge in [0, 0.05) is 35.9 Å². The van der Waals surface area contributed by atoms with Crippen molar-refractivity contribution >= 4 is 44.4 Å². The summed E-state index contributed by atoms with van der Waals surface area (Å²) < 4.78 is 23.7. The van der Waals surface area contributed by atoms with Gasteiger partial charge in [0.1, 0.15) is 5.75 Å². The molecular formula is C26H25FN4O4S. The topological polar surface area (TPSA) is 96.7 Å². The van der Waals surface area contributed by atoms with Crippen molar-refractivity contribution in [3.63, 3.8) is 0 Å². The predicted octanol–water partition coefficient (Wildman–Crippen LogP) is 4.81. The van der Waals surface area contributed by atoms with Crippen LogP contribution in [0.4, 0.5) is 9.18 Å². The molecule has 1 aliphatic carbocycles. The van der Waals surface area contributed by atoms with Crippen LogP contribution in [0.3, 0.4) is 0 Å². The van der Waals surface area contributed by atoms with Gasteiger partial charge < -0.3 is 20.1 Å². The predicted molar refractivity (Wildman–Crippen MR) is 134 cm³/mol. The minimum atomic E-state index is -0.561. The van der Waals surface area contributed by atoms with Gasteiger partial charge in [-0.25, -0.2) is 9.18 Å². The molecule has 4 aromatic rings. The number of nitrogens with zero attached hydrogens (tertiary/aromatic N) is 3. The molecule has 6 rings (SSSR count). The summed E-state index contributed by atoms with van der Waals surface area (Å²) in [5.74, 6) is -0.287. The molecule has 2 fully saturated rings. The lowest BCUT2D eigenvalue weighted by Crippen LogP contribution is -2.37. The van der Waals surface area contributed by atoms with Crippen molar-refractivity contribution in [1.29, 1.82) is 0 Å². The molecule has 0 unspecified atom stereocenters. The number of pyridine rings is 1. The summed E-state index contributed by atoms with van der Waals surface area (Å²) >= 11 is 1.24. The van der Waals surface area contributed by atoms with E-state index < -0.39 is 5.82 Å². The van der Waals surface area contributed by atoms with Gasteiger partial charge in [0.05, 0.1) is 33.3 Å². The molecule has 0 spiro atoms. The number of hydrogen-bond acceptors (Lipinski definition) is 6. The fourth-order valence-corrected chi connectivity index (χ4v) is 5.85. The molecule has 10 heteroatoms. The number of carbonyl (C=O) groups excluding carboxylic acids is 2. The Kier molecular flexibility index (Phi) is 5.65. The molecule has 186 valence electrons. The molecule has 1 aliphatic heterocycles. The number of aromatic nitrogens is 2. The summed E-state index contributed by atoms with van der Waals surface area (Å²) in [5.41, 5.74) is 1.69. The zero-order chi connectivity index (χ0) is 25.0. The number of fused-ring (bicyclic) bond motifs is 2. The van der Waals surface area contributed by atoms with E-state index in [9.17, 15) is 14.7 Å². The van der Waals surface area contributed by atoms with Crippen LogP contribution in [0.15, 0.2) is 36.5 Å². The van der Waals surface area contributed by atoms with Gasteiger partial charge in [0.2, 0.25) is 0 Å². The molecule has 36 heavy (non-hydrogen) atoms. The summed E-state index contributed by atoms with van der Waals surface area (Å²) in [5, 5.41) is 12.8. The molecule has 2 N–H and O–H groups in total. The van der Waals surface area contributed by atoms with Crippen LogP contribution in [-0.4, -0.2) is 56.7 Å². The van der Waals surface area contributed by atoms with E-state index in [0.717, 1.165) is 25.7 Å². The maximum absolute atomic E-state index is 15.5. The number of thiophene rings is 1. The Morgan fingerprint density at radius 3 is 2.83 bits per heavy atom. The second-order valence-corrected chi connectivity index (χ2v) is 10.4. The fraction of sp³-hybridized carbons (Fsp3) is 0.346. The van der Waals surface area contributed by atoms with Gasteiger partial charge in [-0.2, -0.15) is 0 Å². The number of aliphatic hydroxyl groups is 1. The molecule has 4 heterocycles. The Hall–Kier alpha value is -3.50. The van der Waals surface area contributed by atoms with E-state index in [-0.39, 0.29) is 36.4 Å². The number of benzene rings is 1. The summed E-state index contributed by atoms with van der Waals surface area (Å²) in [6, 6.07) is 7.95. The van der Waals surface area contributed by atoms with E-state index >= 15 is 4.39 Å². The van der Waals surface area contributed by atoms with Gasteiger partial charge in [0.15, 0.2) is 11.6 Å². The van der Waals surface area contributed by atoms with Crippen LogP contribution < -0.4 is 10.1 Å². The standard InChI is InChI=1S/C26H25FN4O4S/c1-14-11-17-19(31(14)26(34)29-15-4-5-15)6-7-20(23(17)27)35-21-8-9-28-18-12-22(36-24(18)21)25(33)30-10-2-3-16(30)13-32/h6-9,11-12,15-16,32H,2-5,10,13H2,1H3,(H,29,34)/t16-/m0/s1. The highest BCUT2D eigenvalue weighted by atomic mass is 32.1. The Bertz CT molecular complexity index is 1510. The van der Waals surface area contributed by atoms with E-state index in [0.29, 0.717) is 44.0 Å². The Labute approximate surface area is 210 Å². The molecule has 2 amide bonds. The highest BCUT2D eigenvalue weighted by Crippen LogP contribution is 2.38. The molecule has 8 nitrogen and oxygen atoms in total. The van der Waals surface area contributed by atoms with Crippen LogP contribution in [0.25, 0.3) is 21.1 Å². The largest absolute Gasteiger partial charge is 0.453 e. The summed E-state index contributed by atoms with van der Waals surface area (Å²) in [7, 11) is 0. The van der Waals surface area contributed by atoms with Gasteiger partial charge in [0.25, 0.3) is 5.91 Å². The molecular weight excluding hydrogens is 483 g/mol. The Morgan fingerprint density at radius 2 is 2.06 bits per heavy atom. The van der Waals surface area contributed by atoms with Crippen LogP contribution in [0.5, 0.6) is 11.5 Å². The smallest absolute Gasteiger partial charge is 0.326 e. The summed E-state index contributed by atoms with van der Waals surface area (Å²) in [4.78, 5) is 32.3.